The quantitative estimate of drug-likeness (QED) is 0.751. The molecule has 0 aliphatic rings. The summed E-state index contributed by atoms with van der Waals surface area (Å²) >= 11 is 0. The van der Waals surface area contributed by atoms with Crippen LogP contribution in [0.3, 0.4) is 0 Å². The van der Waals surface area contributed by atoms with Gasteiger partial charge in [0, 0.05) is 11.6 Å². The Morgan fingerprint density at radius 1 is 1.17 bits per heavy atom. The van der Waals surface area contributed by atoms with Crippen LogP contribution in [0.25, 0.3) is 11.3 Å². The van der Waals surface area contributed by atoms with Gasteiger partial charge in [0.05, 0.1) is 20.8 Å². The van der Waals surface area contributed by atoms with Crippen LogP contribution in [0.5, 0.6) is 5.75 Å². The zero-order valence-corrected chi connectivity index (χ0v) is 14.0. The maximum atomic E-state index is 11.9. The number of aromatic nitrogens is 1. The van der Waals surface area contributed by atoms with E-state index < -0.39 is 11.9 Å². The van der Waals surface area contributed by atoms with Crippen LogP contribution in [-0.2, 0) is 9.47 Å². The Bertz CT molecular complexity index is 734. The van der Waals surface area contributed by atoms with Gasteiger partial charge in [-0.1, -0.05) is 19.0 Å². The first-order valence-corrected chi connectivity index (χ1v) is 7.36. The largest absolute Gasteiger partial charge is 0.496 e. The highest BCUT2D eigenvalue weighted by Gasteiger charge is 2.19. The van der Waals surface area contributed by atoms with Crippen molar-refractivity contribution in [3.8, 4) is 17.0 Å². The lowest BCUT2D eigenvalue weighted by molar-refractivity contribution is 0.0412. The van der Waals surface area contributed by atoms with E-state index in [1.165, 1.54) is 20.3 Å². The van der Waals surface area contributed by atoms with Gasteiger partial charge in [-0.3, -0.25) is 0 Å². The summed E-state index contributed by atoms with van der Waals surface area (Å²) < 4.78 is 20.0. The highest BCUT2D eigenvalue weighted by Crippen LogP contribution is 2.27. The topological polar surface area (TPSA) is 87.9 Å². The zero-order chi connectivity index (χ0) is 17.7. The number of benzene rings is 1. The van der Waals surface area contributed by atoms with Gasteiger partial charge in [-0.05, 0) is 24.1 Å². The SMILES string of the molecule is COC(=O)c1cc(-c2cc(C(=O)OCC(C)C)on2)ccc1OC. The first kappa shape index (κ1) is 17.5. The van der Waals surface area contributed by atoms with E-state index in [1.807, 2.05) is 13.8 Å². The third-order valence-electron chi connectivity index (χ3n) is 3.16. The molecule has 0 radical (unpaired) electrons. The average molecular weight is 333 g/mol. The molecule has 0 aliphatic carbocycles. The van der Waals surface area contributed by atoms with Crippen LogP contribution < -0.4 is 4.74 Å². The molecule has 128 valence electrons. The van der Waals surface area contributed by atoms with Crippen molar-refractivity contribution in [2.24, 2.45) is 5.92 Å². The highest BCUT2D eigenvalue weighted by atomic mass is 16.6. The van der Waals surface area contributed by atoms with Gasteiger partial charge >= 0.3 is 11.9 Å². The highest BCUT2D eigenvalue weighted by molar-refractivity contribution is 5.94. The van der Waals surface area contributed by atoms with Crippen molar-refractivity contribution < 1.29 is 28.3 Å². The molecule has 0 bridgehead atoms. The second-order valence-corrected chi connectivity index (χ2v) is 5.48. The minimum absolute atomic E-state index is 0.00101. The normalized spacial score (nSPS) is 10.5. The summed E-state index contributed by atoms with van der Waals surface area (Å²) in [6, 6.07) is 6.34. The third kappa shape index (κ3) is 3.92. The number of ether oxygens (including phenoxy) is 3. The smallest absolute Gasteiger partial charge is 0.377 e. The van der Waals surface area contributed by atoms with Crippen LogP contribution in [0.4, 0.5) is 0 Å². The second-order valence-electron chi connectivity index (χ2n) is 5.48. The lowest BCUT2D eigenvalue weighted by Gasteiger charge is -2.07. The van der Waals surface area contributed by atoms with Crippen LogP contribution in [0, 0.1) is 5.92 Å². The number of rotatable bonds is 6. The molecular formula is C17H19NO6. The van der Waals surface area contributed by atoms with E-state index in [0.29, 0.717) is 23.6 Å². The van der Waals surface area contributed by atoms with Crippen molar-refractivity contribution in [1.82, 2.24) is 5.16 Å². The molecule has 2 aromatic rings. The number of nitrogens with zero attached hydrogens (tertiary/aromatic N) is 1. The fourth-order valence-corrected chi connectivity index (χ4v) is 1.96. The molecule has 1 aromatic carbocycles. The van der Waals surface area contributed by atoms with E-state index >= 15 is 0 Å². The third-order valence-corrected chi connectivity index (χ3v) is 3.16. The number of hydrogen-bond donors (Lipinski definition) is 0. The van der Waals surface area contributed by atoms with Gasteiger partial charge in [0.2, 0.25) is 5.76 Å². The zero-order valence-electron chi connectivity index (χ0n) is 14.0. The molecule has 0 spiro atoms. The molecule has 0 saturated heterocycles. The second kappa shape index (κ2) is 7.63. The van der Waals surface area contributed by atoms with Crippen LogP contribution in [0.2, 0.25) is 0 Å². The molecule has 2 rings (SSSR count). The van der Waals surface area contributed by atoms with Gasteiger partial charge in [-0.25, -0.2) is 9.59 Å². The number of hydrogen-bond acceptors (Lipinski definition) is 7. The van der Waals surface area contributed by atoms with Crippen molar-refractivity contribution in [3.63, 3.8) is 0 Å². The minimum atomic E-state index is -0.579. The van der Waals surface area contributed by atoms with E-state index in [9.17, 15) is 9.59 Å². The summed E-state index contributed by atoms with van der Waals surface area (Å²) in [5.74, 6) is -0.509. The summed E-state index contributed by atoms with van der Waals surface area (Å²) in [5, 5.41) is 3.85. The fourth-order valence-electron chi connectivity index (χ4n) is 1.96. The van der Waals surface area contributed by atoms with Gasteiger partial charge in [-0.15, -0.1) is 0 Å². The first-order valence-electron chi connectivity index (χ1n) is 7.36. The van der Waals surface area contributed by atoms with Crippen LogP contribution in [0.1, 0.15) is 34.8 Å². The lowest BCUT2D eigenvalue weighted by atomic mass is 10.1. The van der Waals surface area contributed by atoms with Crippen molar-refractivity contribution in [2.45, 2.75) is 13.8 Å². The van der Waals surface area contributed by atoms with Gasteiger partial charge < -0.3 is 18.7 Å². The van der Waals surface area contributed by atoms with Crippen molar-refractivity contribution in [2.75, 3.05) is 20.8 Å². The molecule has 7 nitrogen and oxygen atoms in total. The predicted octanol–water partition coefficient (Wildman–Crippen LogP) is 2.95. The Balaban J connectivity index is 2.26. The maximum absolute atomic E-state index is 11.9. The first-order chi connectivity index (χ1) is 11.5. The summed E-state index contributed by atoms with van der Waals surface area (Å²) in [6.07, 6.45) is 0. The van der Waals surface area contributed by atoms with Crippen molar-refractivity contribution in [1.29, 1.82) is 0 Å². The number of methoxy groups -OCH3 is 2. The summed E-state index contributed by atoms with van der Waals surface area (Å²) in [5.41, 5.74) is 1.24. The molecule has 0 N–H and O–H groups in total. The van der Waals surface area contributed by atoms with Gasteiger partial charge in [-0.2, -0.15) is 0 Å². The maximum Gasteiger partial charge on any atom is 0.377 e. The molecule has 24 heavy (non-hydrogen) atoms. The molecule has 0 aliphatic heterocycles. The minimum Gasteiger partial charge on any atom is -0.496 e. The molecule has 0 amide bonds. The summed E-state index contributed by atoms with van der Waals surface area (Å²) in [6.45, 7) is 4.17. The fraction of sp³-hybridized carbons (Fsp3) is 0.353. The molecule has 0 saturated carbocycles. The van der Waals surface area contributed by atoms with E-state index in [2.05, 4.69) is 5.16 Å². The summed E-state index contributed by atoms with van der Waals surface area (Å²) in [4.78, 5) is 23.7. The molecule has 1 heterocycles. The number of esters is 2. The molecule has 7 heteroatoms. The standard InChI is InChI=1S/C17H19NO6/c1-10(2)9-23-17(20)15-8-13(18-24-15)11-5-6-14(21-3)12(7-11)16(19)22-4/h5-8,10H,9H2,1-4H3. The van der Waals surface area contributed by atoms with E-state index in [0.717, 1.165) is 0 Å². The van der Waals surface area contributed by atoms with E-state index in [1.54, 1.807) is 18.2 Å². The number of carbonyl (C=O) groups is 2. The molecule has 1 aromatic heterocycles. The molecule has 0 unspecified atom stereocenters. The van der Waals surface area contributed by atoms with Crippen molar-refractivity contribution >= 4 is 11.9 Å². The van der Waals surface area contributed by atoms with Gasteiger partial charge in [0.15, 0.2) is 0 Å². The molecule has 0 fully saturated rings. The van der Waals surface area contributed by atoms with E-state index in [-0.39, 0.29) is 17.2 Å². The van der Waals surface area contributed by atoms with Gasteiger partial charge in [0.1, 0.15) is 17.0 Å². The van der Waals surface area contributed by atoms with Crippen molar-refractivity contribution in [3.05, 3.63) is 35.6 Å². The Morgan fingerprint density at radius 2 is 1.92 bits per heavy atom. The Kier molecular flexibility index (Phi) is 5.57. The van der Waals surface area contributed by atoms with E-state index in [4.69, 9.17) is 18.7 Å². The lowest BCUT2D eigenvalue weighted by Crippen LogP contribution is -2.09. The van der Waals surface area contributed by atoms with Gasteiger partial charge in [0.25, 0.3) is 0 Å². The van der Waals surface area contributed by atoms with Crippen LogP contribution in [0.15, 0.2) is 28.8 Å². The average Bonchev–Trinajstić information content (AvgIpc) is 3.08. The Hall–Kier alpha value is -2.83. The number of carbonyl (C=O) groups excluding carboxylic acids is 2. The predicted molar refractivity (Wildman–Crippen MR) is 85.0 cm³/mol. The van der Waals surface area contributed by atoms with Crippen LogP contribution in [-0.4, -0.2) is 37.9 Å². The Morgan fingerprint density at radius 3 is 2.54 bits per heavy atom. The Labute approximate surface area is 139 Å². The molecule has 0 atom stereocenters. The van der Waals surface area contributed by atoms with Crippen LogP contribution >= 0.6 is 0 Å². The summed E-state index contributed by atoms with van der Waals surface area (Å²) in [7, 11) is 2.74. The molecular weight excluding hydrogens is 314 g/mol. The monoisotopic (exact) mass is 333 g/mol.